The zero-order valence-corrected chi connectivity index (χ0v) is 15.2. The van der Waals surface area contributed by atoms with Gasteiger partial charge in [-0.2, -0.15) is 4.98 Å². The van der Waals surface area contributed by atoms with Gasteiger partial charge in [0.05, 0.1) is 7.11 Å². The van der Waals surface area contributed by atoms with E-state index in [0.29, 0.717) is 24.4 Å². The van der Waals surface area contributed by atoms with E-state index in [0.717, 1.165) is 41.4 Å². The van der Waals surface area contributed by atoms with Gasteiger partial charge in [-0.1, -0.05) is 0 Å². The second-order valence-electron chi connectivity index (χ2n) is 6.30. The van der Waals surface area contributed by atoms with Crippen LogP contribution in [-0.2, 0) is 6.61 Å². The lowest BCUT2D eigenvalue weighted by molar-refractivity contribution is 0.261. The van der Waals surface area contributed by atoms with Crippen LogP contribution in [0.5, 0.6) is 11.6 Å². The molecule has 1 fully saturated rings. The van der Waals surface area contributed by atoms with Crippen molar-refractivity contribution in [2.75, 3.05) is 24.8 Å². The van der Waals surface area contributed by atoms with Crippen LogP contribution < -0.4 is 20.1 Å². The van der Waals surface area contributed by atoms with E-state index in [1.165, 1.54) is 0 Å². The zero-order valence-electron chi connectivity index (χ0n) is 15.2. The molecular weight excluding hydrogens is 346 g/mol. The molecule has 4 rings (SSSR count). The Morgan fingerprint density at radius 3 is 2.89 bits per heavy atom. The van der Waals surface area contributed by atoms with Crippen LogP contribution in [0.4, 0.5) is 17.5 Å². The summed E-state index contributed by atoms with van der Waals surface area (Å²) in [5, 5.41) is 10.2. The molecule has 1 saturated carbocycles. The average Bonchev–Trinajstić information content (AvgIpc) is 3.45. The van der Waals surface area contributed by atoms with Gasteiger partial charge in [-0.3, -0.25) is 0 Å². The largest absolute Gasteiger partial charge is 0.496 e. The van der Waals surface area contributed by atoms with Gasteiger partial charge in [-0.05, 0) is 42.3 Å². The molecule has 2 N–H and O–H groups in total. The Hall–Kier alpha value is -3.29. The molecule has 1 aromatic carbocycles. The van der Waals surface area contributed by atoms with Gasteiger partial charge in [0.15, 0.2) is 0 Å². The standard InChI is InChI=1S/C19H21N5O3/c1-20-17-7-8-21-19(23-17)22-14-5-6-15(25-2)13(9-14)11-26-18-10-16(27-24-18)12-3-4-12/h5-10,12H,3-4,11H2,1-2H3,(H2,20,21,22,23). The van der Waals surface area contributed by atoms with Gasteiger partial charge in [0.1, 0.15) is 23.9 Å². The summed E-state index contributed by atoms with van der Waals surface area (Å²) >= 11 is 0. The first-order chi connectivity index (χ1) is 13.2. The number of nitrogens with one attached hydrogen (secondary N) is 2. The summed E-state index contributed by atoms with van der Waals surface area (Å²) in [5.41, 5.74) is 1.71. The summed E-state index contributed by atoms with van der Waals surface area (Å²) in [6.07, 6.45) is 4.01. The summed E-state index contributed by atoms with van der Waals surface area (Å²) in [6.45, 7) is 0.312. The first-order valence-electron chi connectivity index (χ1n) is 8.79. The van der Waals surface area contributed by atoms with Crippen molar-refractivity contribution in [1.29, 1.82) is 0 Å². The summed E-state index contributed by atoms with van der Waals surface area (Å²) in [7, 11) is 3.44. The van der Waals surface area contributed by atoms with Gasteiger partial charge < -0.3 is 24.6 Å². The molecule has 0 unspecified atom stereocenters. The van der Waals surface area contributed by atoms with Gasteiger partial charge in [-0.15, -0.1) is 0 Å². The van der Waals surface area contributed by atoms with Crippen molar-refractivity contribution in [3.63, 3.8) is 0 Å². The van der Waals surface area contributed by atoms with Crippen molar-refractivity contribution in [3.8, 4) is 11.6 Å². The number of anilines is 3. The van der Waals surface area contributed by atoms with Crippen LogP contribution in [0.2, 0.25) is 0 Å². The summed E-state index contributed by atoms with van der Waals surface area (Å²) in [6, 6.07) is 9.38. The maximum Gasteiger partial charge on any atom is 0.254 e. The number of aromatic nitrogens is 3. The molecule has 2 aromatic heterocycles. The molecule has 0 amide bonds. The van der Waals surface area contributed by atoms with Crippen LogP contribution in [0.3, 0.4) is 0 Å². The first kappa shape index (κ1) is 17.1. The Kier molecular flexibility index (Phi) is 4.78. The lowest BCUT2D eigenvalue weighted by Gasteiger charge is -2.12. The predicted octanol–water partition coefficient (Wildman–Crippen LogP) is 3.71. The molecule has 140 valence electrons. The maximum absolute atomic E-state index is 5.78. The van der Waals surface area contributed by atoms with Crippen LogP contribution >= 0.6 is 0 Å². The Labute approximate surface area is 156 Å². The highest BCUT2D eigenvalue weighted by Crippen LogP contribution is 2.41. The van der Waals surface area contributed by atoms with Crippen LogP contribution in [0, 0.1) is 0 Å². The third-order valence-corrected chi connectivity index (χ3v) is 4.31. The third kappa shape index (κ3) is 4.11. The smallest absolute Gasteiger partial charge is 0.254 e. The molecule has 8 heteroatoms. The van der Waals surface area contributed by atoms with E-state index < -0.39 is 0 Å². The molecule has 2 heterocycles. The molecule has 0 spiro atoms. The summed E-state index contributed by atoms with van der Waals surface area (Å²) < 4.78 is 16.5. The van der Waals surface area contributed by atoms with Gasteiger partial charge in [-0.25, -0.2) is 4.98 Å². The normalized spacial score (nSPS) is 13.3. The van der Waals surface area contributed by atoms with E-state index in [1.807, 2.05) is 31.3 Å². The maximum atomic E-state index is 5.78. The minimum Gasteiger partial charge on any atom is -0.496 e. The quantitative estimate of drug-likeness (QED) is 0.622. The van der Waals surface area contributed by atoms with E-state index in [2.05, 4.69) is 25.8 Å². The number of rotatable bonds is 8. The van der Waals surface area contributed by atoms with Gasteiger partial charge in [0.25, 0.3) is 5.88 Å². The molecule has 1 aliphatic carbocycles. The second kappa shape index (κ2) is 7.53. The Balaban J connectivity index is 1.47. The SMILES string of the molecule is CNc1ccnc(Nc2ccc(OC)c(COc3cc(C4CC4)on3)c2)n1. The minimum atomic E-state index is 0.312. The van der Waals surface area contributed by atoms with Gasteiger partial charge >= 0.3 is 0 Å². The molecule has 0 radical (unpaired) electrons. The number of benzene rings is 1. The van der Waals surface area contributed by atoms with Crippen molar-refractivity contribution in [2.45, 2.75) is 25.4 Å². The number of hydrogen-bond acceptors (Lipinski definition) is 8. The molecular formula is C19H21N5O3. The van der Waals surface area contributed by atoms with Crippen LogP contribution in [0.1, 0.15) is 30.1 Å². The lowest BCUT2D eigenvalue weighted by atomic mass is 10.2. The topological polar surface area (TPSA) is 94.3 Å². The van der Waals surface area contributed by atoms with Gasteiger partial charge in [0, 0.05) is 36.5 Å². The van der Waals surface area contributed by atoms with Crippen molar-refractivity contribution in [2.24, 2.45) is 0 Å². The molecule has 0 bridgehead atoms. The molecule has 27 heavy (non-hydrogen) atoms. The Morgan fingerprint density at radius 2 is 2.11 bits per heavy atom. The summed E-state index contributed by atoms with van der Waals surface area (Å²) in [5.74, 6) is 3.87. The summed E-state index contributed by atoms with van der Waals surface area (Å²) in [4.78, 5) is 8.59. The predicted molar refractivity (Wildman–Crippen MR) is 101 cm³/mol. The van der Waals surface area contributed by atoms with E-state index in [9.17, 15) is 0 Å². The fraction of sp³-hybridized carbons (Fsp3) is 0.316. The number of methoxy groups -OCH3 is 1. The minimum absolute atomic E-state index is 0.312. The third-order valence-electron chi connectivity index (χ3n) is 4.31. The Bertz CT molecular complexity index is 923. The monoisotopic (exact) mass is 367 g/mol. The molecule has 0 atom stereocenters. The van der Waals surface area contributed by atoms with Crippen molar-refractivity contribution >= 4 is 17.5 Å². The van der Waals surface area contributed by atoms with E-state index >= 15 is 0 Å². The van der Waals surface area contributed by atoms with Crippen molar-refractivity contribution < 1.29 is 14.0 Å². The molecule has 0 saturated heterocycles. The lowest BCUT2D eigenvalue weighted by Crippen LogP contribution is -2.03. The second-order valence-corrected chi connectivity index (χ2v) is 6.30. The highest BCUT2D eigenvalue weighted by Gasteiger charge is 2.28. The van der Waals surface area contributed by atoms with Crippen LogP contribution in [0.15, 0.2) is 41.1 Å². The van der Waals surface area contributed by atoms with E-state index in [1.54, 1.807) is 19.4 Å². The molecule has 1 aliphatic rings. The fourth-order valence-corrected chi connectivity index (χ4v) is 2.71. The molecule has 3 aromatic rings. The number of nitrogens with zero attached hydrogens (tertiary/aromatic N) is 3. The average molecular weight is 367 g/mol. The van der Waals surface area contributed by atoms with Crippen molar-refractivity contribution in [1.82, 2.24) is 15.1 Å². The number of hydrogen-bond donors (Lipinski definition) is 2. The van der Waals surface area contributed by atoms with E-state index in [-0.39, 0.29) is 0 Å². The highest BCUT2D eigenvalue weighted by molar-refractivity contribution is 5.58. The number of ether oxygens (including phenoxy) is 2. The van der Waals surface area contributed by atoms with Crippen molar-refractivity contribution in [3.05, 3.63) is 47.9 Å². The van der Waals surface area contributed by atoms with E-state index in [4.69, 9.17) is 14.0 Å². The zero-order chi connectivity index (χ0) is 18.6. The highest BCUT2D eigenvalue weighted by atomic mass is 16.5. The Morgan fingerprint density at radius 1 is 1.22 bits per heavy atom. The fourth-order valence-electron chi connectivity index (χ4n) is 2.71. The molecule has 0 aliphatic heterocycles. The molecule has 8 nitrogen and oxygen atoms in total. The first-order valence-corrected chi connectivity index (χ1v) is 8.79. The van der Waals surface area contributed by atoms with Gasteiger partial charge in [0.2, 0.25) is 5.95 Å². The van der Waals surface area contributed by atoms with Crippen LogP contribution in [-0.4, -0.2) is 29.3 Å². The van der Waals surface area contributed by atoms with Crippen LogP contribution in [0.25, 0.3) is 0 Å².